The van der Waals surface area contributed by atoms with Crippen LogP contribution < -0.4 is 0 Å². The molecule has 0 aliphatic heterocycles. The van der Waals surface area contributed by atoms with Crippen molar-refractivity contribution in [3.8, 4) is 0 Å². The van der Waals surface area contributed by atoms with Crippen LogP contribution in [0.4, 0.5) is 0 Å². The molecule has 0 spiro atoms. The smallest absolute Gasteiger partial charge is 0.337 e. The van der Waals surface area contributed by atoms with Crippen molar-refractivity contribution >= 4 is 5.97 Å². The van der Waals surface area contributed by atoms with Gasteiger partial charge in [-0.25, -0.2) is 4.79 Å². The Bertz CT molecular complexity index is 408. The van der Waals surface area contributed by atoms with Crippen molar-refractivity contribution in [2.45, 2.75) is 33.2 Å². The first-order valence-corrected chi connectivity index (χ1v) is 5.91. The summed E-state index contributed by atoms with van der Waals surface area (Å²) in [5.41, 5.74) is 2.28. The number of carboxylic acids is 1. The van der Waals surface area contributed by atoms with Gasteiger partial charge in [-0.05, 0) is 53.9 Å². The zero-order chi connectivity index (χ0) is 13.2. The van der Waals surface area contributed by atoms with Crippen molar-refractivity contribution in [1.29, 1.82) is 0 Å². The van der Waals surface area contributed by atoms with Crippen LogP contribution >= 0.6 is 0 Å². The Morgan fingerprint density at radius 3 is 2.47 bits per heavy atom. The van der Waals surface area contributed by atoms with E-state index in [0.29, 0.717) is 11.6 Å². The van der Waals surface area contributed by atoms with Crippen LogP contribution in [0, 0.1) is 13.8 Å². The Balaban J connectivity index is 2.93. The molecule has 0 fully saturated rings. The van der Waals surface area contributed by atoms with E-state index in [2.05, 4.69) is 16.4 Å². The molecule has 17 heavy (non-hydrogen) atoms. The minimum Gasteiger partial charge on any atom is -0.478 e. The monoisotopic (exact) mass is 238 g/mol. The second-order valence-electron chi connectivity index (χ2n) is 4.90. The molecule has 0 saturated carbocycles. The van der Waals surface area contributed by atoms with Crippen molar-refractivity contribution in [3.63, 3.8) is 0 Å². The fourth-order valence-corrected chi connectivity index (χ4v) is 2.25. The molecule has 0 bridgehead atoms. The number of rotatable bonds is 5. The van der Waals surface area contributed by atoms with E-state index in [0.717, 1.165) is 24.4 Å². The summed E-state index contributed by atoms with van der Waals surface area (Å²) in [6, 6.07) is 2.08. The van der Waals surface area contributed by atoms with E-state index in [1.54, 1.807) is 6.07 Å². The zero-order valence-electron chi connectivity index (χ0n) is 11.3. The minimum absolute atomic E-state index is 0.325. The quantitative estimate of drug-likeness (QED) is 0.856. The number of hydrogen-bond acceptors (Lipinski definition) is 2. The maximum absolute atomic E-state index is 11.1. The van der Waals surface area contributed by atoms with Crippen LogP contribution in [0.5, 0.6) is 0 Å². The van der Waals surface area contributed by atoms with Crippen LogP contribution in [0.15, 0.2) is 6.07 Å². The van der Waals surface area contributed by atoms with E-state index in [1.165, 1.54) is 0 Å². The summed E-state index contributed by atoms with van der Waals surface area (Å²) in [5, 5.41) is 9.08. The minimum atomic E-state index is -0.843. The molecule has 0 aliphatic carbocycles. The summed E-state index contributed by atoms with van der Waals surface area (Å²) < 4.78 is 2.12. The zero-order valence-corrected chi connectivity index (χ0v) is 11.3. The van der Waals surface area contributed by atoms with E-state index in [1.807, 2.05) is 27.9 Å². The number of carboxylic acid groups (broad SMARTS) is 1. The molecule has 1 rings (SSSR count). The van der Waals surface area contributed by atoms with Crippen LogP contribution in [0.25, 0.3) is 0 Å². The Kier molecular flexibility index (Phi) is 4.34. The first-order valence-electron chi connectivity index (χ1n) is 5.91. The van der Waals surface area contributed by atoms with Crippen LogP contribution in [-0.4, -0.2) is 41.2 Å². The third kappa shape index (κ3) is 3.09. The van der Waals surface area contributed by atoms with E-state index in [4.69, 9.17) is 5.11 Å². The second kappa shape index (κ2) is 5.36. The topological polar surface area (TPSA) is 45.5 Å². The fraction of sp³-hybridized carbons (Fsp3) is 0.615. The van der Waals surface area contributed by atoms with Gasteiger partial charge in [0.15, 0.2) is 0 Å². The number of carbonyl (C=O) groups is 1. The Morgan fingerprint density at radius 1 is 1.47 bits per heavy atom. The molecule has 1 N–H and O–H groups in total. The molecule has 4 nitrogen and oxygen atoms in total. The maximum atomic E-state index is 11.1. The number of aromatic carboxylic acids is 1. The number of hydrogen-bond donors (Lipinski definition) is 1. The summed E-state index contributed by atoms with van der Waals surface area (Å²) >= 11 is 0. The molecule has 96 valence electrons. The van der Waals surface area contributed by atoms with Gasteiger partial charge >= 0.3 is 5.97 Å². The normalized spacial score (nSPS) is 13.1. The highest BCUT2D eigenvalue weighted by Crippen LogP contribution is 2.22. The van der Waals surface area contributed by atoms with Gasteiger partial charge in [-0.3, -0.25) is 0 Å². The summed E-state index contributed by atoms with van der Waals surface area (Å²) in [7, 11) is 4.09. The molecule has 1 atom stereocenters. The molecule has 4 heteroatoms. The Morgan fingerprint density at radius 2 is 2.06 bits per heavy atom. The van der Waals surface area contributed by atoms with Gasteiger partial charge in [-0.1, -0.05) is 0 Å². The fourth-order valence-electron chi connectivity index (χ4n) is 2.25. The van der Waals surface area contributed by atoms with E-state index in [-0.39, 0.29) is 0 Å². The molecule has 0 aromatic carbocycles. The van der Waals surface area contributed by atoms with Crippen molar-refractivity contribution in [2.75, 3.05) is 20.6 Å². The average molecular weight is 238 g/mol. The SMILES string of the molecule is Cc1cc(C(=O)O)c(C)n1C(C)CCN(C)C. The third-order valence-corrected chi connectivity index (χ3v) is 3.15. The predicted molar refractivity (Wildman–Crippen MR) is 68.7 cm³/mol. The molecule has 0 amide bonds. The van der Waals surface area contributed by atoms with Gasteiger partial charge in [0.2, 0.25) is 0 Å². The number of aromatic nitrogens is 1. The number of nitrogens with zero attached hydrogens (tertiary/aromatic N) is 2. The Hall–Kier alpha value is -1.29. The first-order chi connectivity index (χ1) is 7.84. The van der Waals surface area contributed by atoms with Gasteiger partial charge in [0, 0.05) is 17.4 Å². The Labute approximate surface area is 103 Å². The van der Waals surface area contributed by atoms with E-state index < -0.39 is 5.97 Å². The van der Waals surface area contributed by atoms with Gasteiger partial charge in [0.05, 0.1) is 5.56 Å². The third-order valence-electron chi connectivity index (χ3n) is 3.15. The molecule has 0 saturated heterocycles. The highest BCUT2D eigenvalue weighted by atomic mass is 16.4. The summed E-state index contributed by atoms with van der Waals surface area (Å²) in [6.07, 6.45) is 1.02. The van der Waals surface area contributed by atoms with E-state index in [9.17, 15) is 4.79 Å². The molecule has 0 aliphatic rings. The van der Waals surface area contributed by atoms with Crippen molar-refractivity contribution in [2.24, 2.45) is 0 Å². The average Bonchev–Trinajstić information content (AvgIpc) is 2.51. The van der Waals surface area contributed by atoms with Gasteiger partial charge < -0.3 is 14.6 Å². The standard InChI is InChI=1S/C13H22N2O2/c1-9(6-7-14(4)5)15-10(2)8-12(11(15)3)13(16)17/h8-9H,6-7H2,1-5H3,(H,16,17). The number of aryl methyl sites for hydroxylation is 1. The van der Waals surface area contributed by atoms with Crippen molar-refractivity contribution in [3.05, 3.63) is 23.0 Å². The molecule has 0 radical (unpaired) electrons. The predicted octanol–water partition coefficient (Wildman–Crippen LogP) is 2.32. The lowest BCUT2D eigenvalue weighted by Gasteiger charge is -2.20. The highest BCUT2D eigenvalue weighted by Gasteiger charge is 2.17. The second-order valence-corrected chi connectivity index (χ2v) is 4.90. The van der Waals surface area contributed by atoms with Crippen molar-refractivity contribution in [1.82, 2.24) is 9.47 Å². The van der Waals surface area contributed by atoms with Gasteiger partial charge in [-0.2, -0.15) is 0 Å². The lowest BCUT2D eigenvalue weighted by Crippen LogP contribution is -2.18. The van der Waals surface area contributed by atoms with Gasteiger partial charge in [-0.15, -0.1) is 0 Å². The summed E-state index contributed by atoms with van der Waals surface area (Å²) in [5.74, 6) is -0.843. The van der Waals surface area contributed by atoms with Crippen LogP contribution in [0.3, 0.4) is 0 Å². The van der Waals surface area contributed by atoms with Crippen LogP contribution in [0.1, 0.15) is 41.1 Å². The van der Waals surface area contributed by atoms with Gasteiger partial charge in [0.25, 0.3) is 0 Å². The first kappa shape index (κ1) is 13.8. The largest absolute Gasteiger partial charge is 0.478 e. The van der Waals surface area contributed by atoms with Crippen LogP contribution in [-0.2, 0) is 0 Å². The maximum Gasteiger partial charge on any atom is 0.337 e. The molecule has 1 aromatic heterocycles. The molecular formula is C13H22N2O2. The molecular weight excluding hydrogens is 216 g/mol. The molecule has 1 aromatic rings. The highest BCUT2D eigenvalue weighted by molar-refractivity contribution is 5.89. The molecule has 1 heterocycles. The molecule has 1 unspecified atom stereocenters. The summed E-state index contributed by atoms with van der Waals surface area (Å²) in [6.45, 7) is 6.98. The van der Waals surface area contributed by atoms with Crippen LogP contribution in [0.2, 0.25) is 0 Å². The lowest BCUT2D eigenvalue weighted by molar-refractivity contribution is 0.0696. The van der Waals surface area contributed by atoms with Gasteiger partial charge in [0.1, 0.15) is 0 Å². The van der Waals surface area contributed by atoms with Crippen molar-refractivity contribution < 1.29 is 9.90 Å². The summed E-state index contributed by atoms with van der Waals surface area (Å²) in [4.78, 5) is 13.2. The lowest BCUT2D eigenvalue weighted by atomic mass is 10.2. The van der Waals surface area contributed by atoms with E-state index >= 15 is 0 Å².